The third-order valence-corrected chi connectivity index (χ3v) is 5.74. The quantitative estimate of drug-likeness (QED) is 0.565. The monoisotopic (exact) mass is 354 g/mol. The fraction of sp³-hybridized carbons (Fsp3) is 0.0870. The first-order valence-corrected chi connectivity index (χ1v) is 9.73. The third-order valence-electron chi connectivity index (χ3n) is 4.88. The van der Waals surface area contributed by atoms with Crippen molar-refractivity contribution in [3.8, 4) is 11.1 Å². The van der Waals surface area contributed by atoms with Gasteiger partial charge in [0.15, 0.2) is 5.17 Å². The van der Waals surface area contributed by atoms with Gasteiger partial charge in [-0.25, -0.2) is 4.99 Å². The first-order chi connectivity index (χ1) is 12.9. The fourth-order valence-corrected chi connectivity index (χ4v) is 4.47. The van der Waals surface area contributed by atoms with Crippen molar-refractivity contribution in [3.63, 3.8) is 0 Å². The lowest BCUT2D eigenvalue weighted by Gasteiger charge is -2.21. The minimum absolute atomic E-state index is 0.963. The summed E-state index contributed by atoms with van der Waals surface area (Å²) in [6.07, 6.45) is 1.01. The number of amidine groups is 1. The van der Waals surface area contributed by atoms with E-state index in [1.807, 2.05) is 0 Å². The molecule has 2 heterocycles. The van der Waals surface area contributed by atoms with Crippen molar-refractivity contribution in [2.45, 2.75) is 6.42 Å². The molecule has 0 radical (unpaired) electrons. The second-order valence-electron chi connectivity index (χ2n) is 6.49. The Labute approximate surface area is 157 Å². The van der Waals surface area contributed by atoms with Crippen molar-refractivity contribution in [1.82, 2.24) is 4.90 Å². The van der Waals surface area contributed by atoms with Gasteiger partial charge in [-0.05, 0) is 40.8 Å². The molecule has 2 aliphatic rings. The van der Waals surface area contributed by atoms with Crippen LogP contribution in [0.1, 0.15) is 11.1 Å². The van der Waals surface area contributed by atoms with Crippen LogP contribution in [0.25, 0.3) is 16.8 Å². The van der Waals surface area contributed by atoms with E-state index in [1.54, 1.807) is 11.8 Å². The molecule has 0 N–H and O–H groups in total. The van der Waals surface area contributed by atoms with E-state index in [-0.39, 0.29) is 0 Å². The molecule has 0 bridgehead atoms. The van der Waals surface area contributed by atoms with E-state index in [0.717, 1.165) is 23.8 Å². The van der Waals surface area contributed by atoms with Gasteiger partial charge in [0.1, 0.15) is 0 Å². The summed E-state index contributed by atoms with van der Waals surface area (Å²) in [6.45, 7) is 0.963. The molecular weight excluding hydrogens is 336 g/mol. The lowest BCUT2D eigenvalue weighted by atomic mass is 10.0. The standard InChI is InChI=1S/C23H18N2S/c1-2-7-17(8-3-1)19-10-6-11-20(15-19)22-16-26-23-24-21-12-5-4-9-18(21)13-14-25(22)23/h1-12,15-16H,13-14H2. The van der Waals surface area contributed by atoms with Crippen LogP contribution in [0.2, 0.25) is 0 Å². The Balaban J connectivity index is 1.50. The molecule has 0 saturated heterocycles. The molecule has 0 amide bonds. The maximum atomic E-state index is 4.91. The van der Waals surface area contributed by atoms with Crippen LogP contribution in [0.5, 0.6) is 0 Å². The van der Waals surface area contributed by atoms with Crippen LogP contribution < -0.4 is 0 Å². The van der Waals surface area contributed by atoms with E-state index in [9.17, 15) is 0 Å². The zero-order chi connectivity index (χ0) is 17.3. The molecule has 0 aromatic heterocycles. The van der Waals surface area contributed by atoms with E-state index in [4.69, 9.17) is 4.99 Å². The van der Waals surface area contributed by atoms with E-state index < -0.39 is 0 Å². The average Bonchev–Trinajstić information content (AvgIpc) is 3.01. The first kappa shape index (κ1) is 15.5. The van der Waals surface area contributed by atoms with Crippen LogP contribution in [0.15, 0.2) is 89.3 Å². The minimum Gasteiger partial charge on any atom is -0.319 e. The van der Waals surface area contributed by atoms with Gasteiger partial charge in [-0.15, -0.1) is 0 Å². The number of benzene rings is 3. The Bertz CT molecular complexity index is 1020. The second kappa shape index (κ2) is 6.50. The fourth-order valence-electron chi connectivity index (χ4n) is 3.52. The summed E-state index contributed by atoms with van der Waals surface area (Å²) in [7, 11) is 0. The van der Waals surface area contributed by atoms with Crippen molar-refractivity contribution in [2.75, 3.05) is 6.54 Å². The summed E-state index contributed by atoms with van der Waals surface area (Å²) < 4.78 is 0. The maximum absolute atomic E-state index is 4.91. The molecule has 0 fully saturated rings. The molecule has 2 nitrogen and oxygen atoms in total. The molecule has 5 rings (SSSR count). The Morgan fingerprint density at radius 3 is 2.46 bits per heavy atom. The first-order valence-electron chi connectivity index (χ1n) is 8.85. The predicted molar refractivity (Wildman–Crippen MR) is 111 cm³/mol. The SMILES string of the molecule is C1=C(c2cccc(-c3ccccc3)c2)N2CCc3ccccc3N=C2S1. The predicted octanol–water partition coefficient (Wildman–Crippen LogP) is 5.94. The van der Waals surface area contributed by atoms with Gasteiger partial charge in [0.2, 0.25) is 0 Å². The van der Waals surface area contributed by atoms with Crippen LogP contribution in [0.3, 0.4) is 0 Å². The maximum Gasteiger partial charge on any atom is 0.173 e. The van der Waals surface area contributed by atoms with Crippen LogP contribution in [-0.2, 0) is 6.42 Å². The highest BCUT2D eigenvalue weighted by Gasteiger charge is 2.26. The van der Waals surface area contributed by atoms with Gasteiger partial charge in [-0.1, -0.05) is 78.5 Å². The van der Waals surface area contributed by atoms with Crippen LogP contribution in [0.4, 0.5) is 5.69 Å². The normalized spacial score (nSPS) is 15.6. The summed E-state index contributed by atoms with van der Waals surface area (Å²) in [5, 5.41) is 3.31. The Kier molecular flexibility index (Phi) is 3.87. The second-order valence-corrected chi connectivity index (χ2v) is 7.33. The van der Waals surface area contributed by atoms with Crippen LogP contribution >= 0.6 is 11.8 Å². The molecule has 3 heteroatoms. The highest BCUT2D eigenvalue weighted by molar-refractivity contribution is 8.16. The van der Waals surface area contributed by atoms with Gasteiger partial charge in [-0.2, -0.15) is 0 Å². The summed E-state index contributed by atoms with van der Waals surface area (Å²) >= 11 is 1.72. The number of fused-ring (bicyclic) bond motifs is 2. The minimum atomic E-state index is 0.963. The van der Waals surface area contributed by atoms with E-state index in [0.29, 0.717) is 0 Å². The van der Waals surface area contributed by atoms with E-state index >= 15 is 0 Å². The molecule has 0 aliphatic carbocycles. The smallest absolute Gasteiger partial charge is 0.173 e. The summed E-state index contributed by atoms with van der Waals surface area (Å²) in [5.41, 5.74) is 7.42. The number of rotatable bonds is 2. The number of thioether (sulfide) groups is 1. The third kappa shape index (κ3) is 2.74. The molecule has 3 aromatic rings. The summed E-state index contributed by atoms with van der Waals surface area (Å²) in [6, 6.07) is 27.8. The van der Waals surface area contributed by atoms with E-state index in [2.05, 4.69) is 89.2 Å². The molecule has 126 valence electrons. The topological polar surface area (TPSA) is 15.6 Å². The lowest BCUT2D eigenvalue weighted by molar-refractivity contribution is 0.601. The van der Waals surface area contributed by atoms with E-state index in [1.165, 1.54) is 28.0 Å². The molecule has 26 heavy (non-hydrogen) atoms. The number of hydrogen-bond donors (Lipinski definition) is 0. The highest BCUT2D eigenvalue weighted by Crippen LogP contribution is 2.38. The number of aliphatic imine (C=N–C) groups is 1. The van der Waals surface area contributed by atoms with Gasteiger partial charge >= 0.3 is 0 Å². The molecule has 0 atom stereocenters. The molecule has 3 aromatic carbocycles. The number of nitrogens with zero attached hydrogens (tertiary/aromatic N) is 2. The average molecular weight is 354 g/mol. The zero-order valence-corrected chi connectivity index (χ0v) is 15.1. The van der Waals surface area contributed by atoms with Crippen molar-refractivity contribution in [1.29, 1.82) is 0 Å². The summed E-state index contributed by atoms with van der Waals surface area (Å²) in [4.78, 5) is 7.27. The van der Waals surface area contributed by atoms with Gasteiger partial charge in [0.05, 0.1) is 11.4 Å². The van der Waals surface area contributed by atoms with Gasteiger partial charge < -0.3 is 4.90 Å². The number of para-hydroxylation sites is 1. The summed E-state index contributed by atoms with van der Waals surface area (Å²) in [5.74, 6) is 0. The number of hydrogen-bond acceptors (Lipinski definition) is 3. The molecule has 0 saturated carbocycles. The van der Waals surface area contributed by atoms with Crippen molar-refractivity contribution in [2.24, 2.45) is 4.99 Å². The van der Waals surface area contributed by atoms with Gasteiger partial charge in [0, 0.05) is 12.0 Å². The van der Waals surface area contributed by atoms with Gasteiger partial charge in [0.25, 0.3) is 0 Å². The Hall–Kier alpha value is -2.78. The molecular formula is C23H18N2S. The van der Waals surface area contributed by atoms with Crippen LogP contribution in [-0.4, -0.2) is 16.6 Å². The largest absolute Gasteiger partial charge is 0.319 e. The Morgan fingerprint density at radius 1 is 0.769 bits per heavy atom. The van der Waals surface area contributed by atoms with Crippen LogP contribution in [0, 0.1) is 0 Å². The lowest BCUT2D eigenvalue weighted by Crippen LogP contribution is -2.24. The van der Waals surface area contributed by atoms with Crippen molar-refractivity contribution in [3.05, 3.63) is 95.4 Å². The van der Waals surface area contributed by atoms with Gasteiger partial charge in [-0.3, -0.25) is 0 Å². The van der Waals surface area contributed by atoms with Crippen molar-refractivity contribution >= 4 is 28.3 Å². The zero-order valence-electron chi connectivity index (χ0n) is 14.3. The molecule has 2 aliphatic heterocycles. The Morgan fingerprint density at radius 2 is 1.54 bits per heavy atom. The molecule has 0 unspecified atom stereocenters. The molecule has 0 spiro atoms. The van der Waals surface area contributed by atoms with Crippen molar-refractivity contribution < 1.29 is 0 Å². The highest BCUT2D eigenvalue weighted by atomic mass is 32.2.